The zero-order valence-electron chi connectivity index (χ0n) is 4.69. The van der Waals surface area contributed by atoms with Crippen molar-refractivity contribution in [3.05, 3.63) is 0 Å². The van der Waals surface area contributed by atoms with E-state index in [4.69, 9.17) is 0 Å². The van der Waals surface area contributed by atoms with E-state index >= 15 is 0 Å². The molecule has 1 fully saturated rings. The van der Waals surface area contributed by atoms with E-state index in [1.54, 1.807) is 0 Å². The molecule has 46 valence electrons. The van der Waals surface area contributed by atoms with Crippen LogP contribution in [-0.4, -0.2) is 10.2 Å². The Hall–Kier alpha value is 0.400. The third-order valence-corrected chi connectivity index (χ3v) is 2.81. The first-order valence-corrected chi connectivity index (χ1v) is 4.43. The van der Waals surface area contributed by atoms with Gasteiger partial charge in [0, 0.05) is 17.3 Å². The van der Waals surface area contributed by atoms with Crippen LogP contribution in [0.3, 0.4) is 0 Å². The predicted octanol–water partition coefficient (Wildman–Crippen LogP) is 1.79. The Kier molecular flexibility index (Phi) is 2.28. The van der Waals surface area contributed by atoms with E-state index < -0.39 is 0 Å². The van der Waals surface area contributed by atoms with Gasteiger partial charge in [0.2, 0.25) is 0 Å². The van der Waals surface area contributed by atoms with Gasteiger partial charge in [-0.15, -0.1) is 0 Å². The molecule has 0 aromatic heterocycles. The fourth-order valence-electron chi connectivity index (χ4n) is 1.02. The Morgan fingerprint density at radius 1 is 1.75 bits per heavy atom. The van der Waals surface area contributed by atoms with E-state index in [1.807, 2.05) is 0 Å². The lowest BCUT2D eigenvalue weighted by Crippen LogP contribution is -1.94. The van der Waals surface area contributed by atoms with Gasteiger partial charge in [-0.2, -0.15) is 0 Å². The smallest absolute Gasteiger partial charge is 0.133 e. The summed E-state index contributed by atoms with van der Waals surface area (Å²) in [6.07, 6.45) is 2.83. The van der Waals surface area contributed by atoms with Gasteiger partial charge in [-0.1, -0.05) is 22.6 Å². The second kappa shape index (κ2) is 2.80. The van der Waals surface area contributed by atoms with Crippen molar-refractivity contribution in [2.75, 3.05) is 4.43 Å². The molecule has 0 aromatic carbocycles. The summed E-state index contributed by atoms with van der Waals surface area (Å²) in [6, 6.07) is 0. The van der Waals surface area contributed by atoms with E-state index in [0.717, 1.165) is 23.7 Å². The van der Waals surface area contributed by atoms with Crippen molar-refractivity contribution in [3.8, 4) is 0 Å². The third-order valence-electron chi connectivity index (χ3n) is 1.57. The molecule has 0 radical (unpaired) electrons. The lowest BCUT2D eigenvalue weighted by atomic mass is 10.1. The number of rotatable bonds is 1. The number of carbonyl (C=O) groups excluding carboxylic acids is 1. The van der Waals surface area contributed by atoms with Gasteiger partial charge in [-0.3, -0.25) is 4.79 Å². The van der Waals surface area contributed by atoms with Crippen LogP contribution in [0.15, 0.2) is 0 Å². The second-order valence-electron chi connectivity index (χ2n) is 2.30. The SMILES string of the molecule is O=C1CC[C@H](CI)C1. The number of Topliss-reactive ketones (excluding diaryl/α,β-unsaturated/α-hetero) is 1. The van der Waals surface area contributed by atoms with Crippen molar-refractivity contribution in [3.63, 3.8) is 0 Å². The molecular weight excluding hydrogens is 215 g/mol. The van der Waals surface area contributed by atoms with E-state index in [-0.39, 0.29) is 0 Å². The van der Waals surface area contributed by atoms with Crippen LogP contribution in [0.2, 0.25) is 0 Å². The molecule has 1 atom stereocenters. The number of ketones is 1. The van der Waals surface area contributed by atoms with Gasteiger partial charge >= 0.3 is 0 Å². The summed E-state index contributed by atoms with van der Waals surface area (Å²) >= 11 is 2.35. The maximum absolute atomic E-state index is 10.6. The normalized spacial score (nSPS) is 29.1. The molecule has 1 aliphatic carbocycles. The molecular formula is C6H9IO. The molecule has 1 saturated carbocycles. The van der Waals surface area contributed by atoms with E-state index in [0.29, 0.717) is 11.7 Å². The van der Waals surface area contributed by atoms with Crippen LogP contribution in [0.4, 0.5) is 0 Å². The lowest BCUT2D eigenvalue weighted by molar-refractivity contribution is -0.117. The Morgan fingerprint density at radius 2 is 2.50 bits per heavy atom. The minimum atomic E-state index is 0.465. The Morgan fingerprint density at radius 3 is 2.75 bits per heavy atom. The Balaban J connectivity index is 2.32. The molecule has 0 aliphatic heterocycles. The molecule has 1 nitrogen and oxygen atoms in total. The Labute approximate surface area is 63.0 Å². The molecule has 0 amide bonds. The number of carbonyl (C=O) groups is 1. The number of halogens is 1. The van der Waals surface area contributed by atoms with Crippen molar-refractivity contribution >= 4 is 28.4 Å². The van der Waals surface area contributed by atoms with Crippen molar-refractivity contribution in [2.24, 2.45) is 5.92 Å². The maximum Gasteiger partial charge on any atom is 0.133 e. The minimum absolute atomic E-state index is 0.465. The van der Waals surface area contributed by atoms with Crippen molar-refractivity contribution < 1.29 is 4.79 Å². The van der Waals surface area contributed by atoms with Gasteiger partial charge in [0.1, 0.15) is 5.78 Å². The van der Waals surface area contributed by atoms with Crippen LogP contribution in [0.1, 0.15) is 19.3 Å². The van der Waals surface area contributed by atoms with Gasteiger partial charge in [-0.05, 0) is 12.3 Å². The summed E-state index contributed by atoms with van der Waals surface area (Å²) in [5, 5.41) is 0. The molecule has 1 rings (SSSR count). The number of hydrogen-bond donors (Lipinski definition) is 0. The molecule has 0 unspecified atom stereocenters. The zero-order valence-corrected chi connectivity index (χ0v) is 6.85. The summed E-state index contributed by atoms with van der Waals surface area (Å²) in [7, 11) is 0. The predicted molar refractivity (Wildman–Crippen MR) is 41.2 cm³/mol. The second-order valence-corrected chi connectivity index (χ2v) is 3.18. The van der Waals surface area contributed by atoms with Gasteiger partial charge in [0.25, 0.3) is 0 Å². The fraction of sp³-hybridized carbons (Fsp3) is 0.833. The largest absolute Gasteiger partial charge is 0.300 e. The monoisotopic (exact) mass is 224 g/mol. The third kappa shape index (κ3) is 1.44. The molecule has 8 heavy (non-hydrogen) atoms. The van der Waals surface area contributed by atoms with Gasteiger partial charge in [0.15, 0.2) is 0 Å². The average Bonchev–Trinajstić information content (AvgIpc) is 2.14. The summed E-state index contributed by atoms with van der Waals surface area (Å²) in [6.45, 7) is 0. The molecule has 2 heteroatoms. The number of hydrogen-bond acceptors (Lipinski definition) is 1. The van der Waals surface area contributed by atoms with Gasteiger partial charge < -0.3 is 0 Å². The topological polar surface area (TPSA) is 17.1 Å². The van der Waals surface area contributed by atoms with E-state index in [9.17, 15) is 4.79 Å². The van der Waals surface area contributed by atoms with Crippen LogP contribution in [-0.2, 0) is 4.79 Å². The van der Waals surface area contributed by atoms with E-state index in [2.05, 4.69) is 22.6 Å². The molecule has 0 aromatic rings. The fourth-order valence-corrected chi connectivity index (χ4v) is 1.77. The summed E-state index contributed by atoms with van der Waals surface area (Å²) < 4.78 is 1.16. The lowest BCUT2D eigenvalue weighted by Gasteiger charge is -1.97. The van der Waals surface area contributed by atoms with Crippen molar-refractivity contribution in [2.45, 2.75) is 19.3 Å². The highest BCUT2D eigenvalue weighted by atomic mass is 127. The highest BCUT2D eigenvalue weighted by molar-refractivity contribution is 14.1. The molecule has 0 N–H and O–H groups in total. The van der Waals surface area contributed by atoms with Gasteiger partial charge in [-0.25, -0.2) is 0 Å². The highest BCUT2D eigenvalue weighted by Gasteiger charge is 2.19. The van der Waals surface area contributed by atoms with Gasteiger partial charge in [0.05, 0.1) is 0 Å². The van der Waals surface area contributed by atoms with Crippen LogP contribution >= 0.6 is 22.6 Å². The first kappa shape index (κ1) is 6.52. The molecule has 0 saturated heterocycles. The Bertz CT molecular complexity index is 101. The summed E-state index contributed by atoms with van der Waals surface area (Å²) in [5.74, 6) is 1.18. The molecule has 1 aliphatic rings. The first-order valence-electron chi connectivity index (χ1n) is 2.90. The zero-order chi connectivity index (χ0) is 5.98. The highest BCUT2D eigenvalue weighted by Crippen LogP contribution is 2.23. The first-order chi connectivity index (χ1) is 3.83. The van der Waals surface area contributed by atoms with Crippen LogP contribution in [0, 0.1) is 5.92 Å². The standard InChI is InChI=1S/C6H9IO/c7-4-5-1-2-6(8)3-5/h5H,1-4H2/t5-/m0/s1. The van der Waals surface area contributed by atoms with Crippen LogP contribution < -0.4 is 0 Å². The van der Waals surface area contributed by atoms with E-state index in [1.165, 1.54) is 0 Å². The molecule has 0 spiro atoms. The number of alkyl halides is 1. The summed E-state index contributed by atoms with van der Waals surface area (Å²) in [4.78, 5) is 10.6. The van der Waals surface area contributed by atoms with Crippen LogP contribution in [0.25, 0.3) is 0 Å². The summed E-state index contributed by atoms with van der Waals surface area (Å²) in [5.41, 5.74) is 0. The van der Waals surface area contributed by atoms with Crippen LogP contribution in [0.5, 0.6) is 0 Å². The minimum Gasteiger partial charge on any atom is -0.300 e. The van der Waals surface area contributed by atoms with Crippen molar-refractivity contribution in [1.29, 1.82) is 0 Å². The molecule has 0 bridgehead atoms. The quantitative estimate of drug-likeness (QED) is 0.490. The van der Waals surface area contributed by atoms with Crippen molar-refractivity contribution in [1.82, 2.24) is 0 Å². The maximum atomic E-state index is 10.6. The molecule has 0 heterocycles. The average molecular weight is 224 g/mol.